The summed E-state index contributed by atoms with van der Waals surface area (Å²) < 4.78 is 5.34. The highest BCUT2D eigenvalue weighted by atomic mass is 16.5. The van der Waals surface area contributed by atoms with Gasteiger partial charge in [-0.1, -0.05) is 66.6 Å². The van der Waals surface area contributed by atoms with Gasteiger partial charge in [0.2, 0.25) is 0 Å². The molecule has 0 spiro atoms. The zero-order valence-corrected chi connectivity index (χ0v) is 18.7. The fourth-order valence-corrected chi connectivity index (χ4v) is 2.99. The minimum atomic E-state index is -0.0522. The molecule has 4 aromatic rings. The van der Waals surface area contributed by atoms with Crippen molar-refractivity contribution in [2.24, 2.45) is 0 Å². The molecule has 1 N–H and O–H groups in total. The first kappa shape index (κ1) is 22.7. The maximum Gasteiger partial charge on any atom is 0.167 e. The Labute approximate surface area is 203 Å². The van der Waals surface area contributed by atoms with Crippen molar-refractivity contribution in [3.05, 3.63) is 78.9 Å². The van der Waals surface area contributed by atoms with Gasteiger partial charge < -0.3 is 9.84 Å². The fourth-order valence-electron chi connectivity index (χ4n) is 2.99. The van der Waals surface area contributed by atoms with Gasteiger partial charge in [-0.05, 0) is 36.8 Å². The summed E-state index contributed by atoms with van der Waals surface area (Å²) in [4.78, 5) is 13.9. The SMILES string of the molecule is CC#CC#CC#CC#COc1ccc(-c2nc(-c3ccccc3)nc(-c3ccccc3)n2)c(O)c1. The number of benzene rings is 3. The van der Waals surface area contributed by atoms with E-state index in [1.807, 2.05) is 60.7 Å². The van der Waals surface area contributed by atoms with Gasteiger partial charge in [-0.25, -0.2) is 15.0 Å². The number of ether oxygens (including phenoxy) is 1. The van der Waals surface area contributed by atoms with Crippen LogP contribution >= 0.6 is 0 Å². The molecule has 0 aliphatic rings. The van der Waals surface area contributed by atoms with Crippen molar-refractivity contribution in [3.8, 4) is 93.2 Å². The number of nitrogens with zero attached hydrogens (tertiary/aromatic N) is 3. The number of phenols is 1. The topological polar surface area (TPSA) is 68.1 Å². The maximum absolute atomic E-state index is 10.7. The van der Waals surface area contributed by atoms with E-state index >= 15 is 0 Å². The standard InChI is InChI=1S/C30H17N3O2/c1-2-3-4-5-6-7-14-21-35-25-19-20-26(27(34)22-25)30-32-28(23-15-10-8-11-16-23)31-29(33-30)24-17-12-9-13-18-24/h8-13,15-20,22,34H,1H3. The normalized spacial score (nSPS) is 9.06. The molecule has 5 nitrogen and oxygen atoms in total. The first-order valence-corrected chi connectivity index (χ1v) is 10.5. The third-order valence-electron chi connectivity index (χ3n) is 4.57. The van der Waals surface area contributed by atoms with Crippen molar-refractivity contribution < 1.29 is 9.84 Å². The molecular weight excluding hydrogens is 434 g/mol. The molecule has 0 saturated carbocycles. The molecule has 3 aromatic carbocycles. The minimum absolute atomic E-state index is 0.0522. The van der Waals surface area contributed by atoms with Gasteiger partial charge in [-0.15, -0.1) is 0 Å². The lowest BCUT2D eigenvalue weighted by atomic mass is 10.1. The molecule has 0 aliphatic heterocycles. The van der Waals surface area contributed by atoms with Gasteiger partial charge in [0.1, 0.15) is 17.6 Å². The van der Waals surface area contributed by atoms with Crippen molar-refractivity contribution in [2.45, 2.75) is 6.92 Å². The second-order valence-corrected chi connectivity index (χ2v) is 6.92. The smallest absolute Gasteiger partial charge is 0.167 e. The Morgan fingerprint density at radius 1 is 0.629 bits per heavy atom. The van der Waals surface area contributed by atoms with E-state index in [1.54, 1.807) is 19.1 Å². The van der Waals surface area contributed by atoms with E-state index < -0.39 is 0 Å². The van der Waals surface area contributed by atoms with Crippen LogP contribution in [0.4, 0.5) is 0 Å². The van der Waals surface area contributed by atoms with Crippen LogP contribution in [-0.4, -0.2) is 20.1 Å². The molecule has 35 heavy (non-hydrogen) atoms. The van der Waals surface area contributed by atoms with Gasteiger partial charge in [-0.3, -0.25) is 0 Å². The van der Waals surface area contributed by atoms with Crippen LogP contribution in [0.25, 0.3) is 34.2 Å². The number of aromatic hydroxyl groups is 1. The summed E-state index contributed by atoms with van der Waals surface area (Å²) in [6.45, 7) is 1.70. The molecule has 0 fully saturated rings. The third-order valence-corrected chi connectivity index (χ3v) is 4.57. The Morgan fingerprint density at radius 3 is 1.74 bits per heavy atom. The predicted octanol–water partition coefficient (Wildman–Crippen LogP) is 4.95. The van der Waals surface area contributed by atoms with Crippen molar-refractivity contribution in [3.63, 3.8) is 0 Å². The summed E-state index contributed by atoms with van der Waals surface area (Å²) in [7, 11) is 0. The van der Waals surface area contributed by atoms with Crippen LogP contribution in [0.1, 0.15) is 6.92 Å². The Balaban J connectivity index is 1.65. The van der Waals surface area contributed by atoms with Crippen LogP contribution in [-0.2, 0) is 0 Å². The molecule has 1 aromatic heterocycles. The van der Waals surface area contributed by atoms with Gasteiger partial charge in [0, 0.05) is 35.0 Å². The number of rotatable bonds is 4. The van der Waals surface area contributed by atoms with Crippen molar-refractivity contribution in [1.82, 2.24) is 15.0 Å². The van der Waals surface area contributed by atoms with E-state index in [0.717, 1.165) is 11.1 Å². The molecule has 1 heterocycles. The summed E-state index contributed by atoms with van der Waals surface area (Å²) in [5.41, 5.74) is 2.13. The average Bonchev–Trinajstić information content (AvgIpc) is 2.91. The fraction of sp³-hybridized carbons (Fsp3) is 0.0333. The number of hydrogen-bond acceptors (Lipinski definition) is 5. The second kappa shape index (κ2) is 11.4. The van der Waals surface area contributed by atoms with E-state index in [1.165, 1.54) is 6.07 Å². The molecule has 0 bridgehead atoms. The van der Waals surface area contributed by atoms with E-state index in [4.69, 9.17) is 4.74 Å². The molecule has 0 amide bonds. The van der Waals surface area contributed by atoms with Crippen LogP contribution < -0.4 is 4.74 Å². The molecule has 5 heteroatoms. The second-order valence-electron chi connectivity index (χ2n) is 6.92. The van der Waals surface area contributed by atoms with Gasteiger partial charge in [0.25, 0.3) is 0 Å². The highest BCUT2D eigenvalue weighted by Gasteiger charge is 2.15. The minimum Gasteiger partial charge on any atom is -0.507 e. The largest absolute Gasteiger partial charge is 0.507 e. The molecule has 164 valence electrons. The van der Waals surface area contributed by atoms with Crippen LogP contribution in [0.2, 0.25) is 0 Å². The van der Waals surface area contributed by atoms with Crippen LogP contribution in [0.5, 0.6) is 11.5 Å². The zero-order valence-electron chi connectivity index (χ0n) is 18.7. The average molecular weight is 451 g/mol. The van der Waals surface area contributed by atoms with Gasteiger partial charge in [-0.2, -0.15) is 0 Å². The summed E-state index contributed by atoms with van der Waals surface area (Å²) in [6.07, 6.45) is 2.46. The molecular formula is C30H17N3O2. The quantitative estimate of drug-likeness (QED) is 0.445. The third kappa shape index (κ3) is 6.06. The van der Waals surface area contributed by atoms with Crippen LogP contribution in [0.3, 0.4) is 0 Å². The van der Waals surface area contributed by atoms with Crippen molar-refractivity contribution in [2.75, 3.05) is 0 Å². The summed E-state index contributed by atoms with van der Waals surface area (Å²) in [5.74, 6) is 19.6. The van der Waals surface area contributed by atoms with E-state index in [0.29, 0.717) is 28.8 Å². The molecule has 0 saturated heterocycles. The summed E-state index contributed by atoms with van der Waals surface area (Å²) >= 11 is 0. The Hall–Kier alpha value is -5.49. The first-order chi connectivity index (χ1) is 17.2. The predicted molar refractivity (Wildman–Crippen MR) is 135 cm³/mol. The van der Waals surface area contributed by atoms with Crippen molar-refractivity contribution in [1.29, 1.82) is 0 Å². The monoisotopic (exact) mass is 451 g/mol. The Morgan fingerprint density at radius 2 is 1.17 bits per heavy atom. The highest BCUT2D eigenvalue weighted by molar-refractivity contribution is 5.70. The van der Waals surface area contributed by atoms with Gasteiger partial charge in [0.05, 0.1) is 5.56 Å². The van der Waals surface area contributed by atoms with Crippen LogP contribution in [0.15, 0.2) is 78.9 Å². The maximum atomic E-state index is 10.7. The lowest BCUT2D eigenvalue weighted by Crippen LogP contribution is -2.00. The zero-order chi connectivity index (χ0) is 24.3. The van der Waals surface area contributed by atoms with Gasteiger partial charge in [0.15, 0.2) is 17.5 Å². The van der Waals surface area contributed by atoms with Crippen LogP contribution in [0, 0.1) is 47.5 Å². The Kier molecular flexibility index (Phi) is 7.39. The van der Waals surface area contributed by atoms with Crippen molar-refractivity contribution >= 4 is 0 Å². The van der Waals surface area contributed by atoms with E-state index in [2.05, 4.69) is 62.5 Å². The number of aromatic nitrogens is 3. The van der Waals surface area contributed by atoms with Gasteiger partial charge >= 0.3 is 0 Å². The molecule has 0 unspecified atom stereocenters. The first-order valence-electron chi connectivity index (χ1n) is 10.5. The Bertz CT molecular complexity index is 1540. The van der Waals surface area contributed by atoms with E-state index in [-0.39, 0.29) is 5.75 Å². The molecule has 0 radical (unpaired) electrons. The lowest BCUT2D eigenvalue weighted by molar-refractivity contribution is 0.466. The summed E-state index contributed by atoms with van der Waals surface area (Å²) in [6, 6.07) is 24.0. The molecule has 0 aliphatic carbocycles. The molecule has 4 rings (SSSR count). The van der Waals surface area contributed by atoms with E-state index in [9.17, 15) is 5.11 Å². The molecule has 0 atom stereocenters. The highest BCUT2D eigenvalue weighted by Crippen LogP contribution is 2.32. The number of phenolic OH excluding ortho intramolecular Hbond substituents is 1. The number of hydrogen-bond donors (Lipinski definition) is 1. The lowest BCUT2D eigenvalue weighted by Gasteiger charge is -2.09. The summed E-state index contributed by atoms with van der Waals surface area (Å²) in [5, 5.41) is 10.7.